The molecule has 0 amide bonds. The van der Waals surface area contributed by atoms with Crippen molar-refractivity contribution < 1.29 is 14.6 Å². The Bertz CT molecular complexity index is 1140. The van der Waals surface area contributed by atoms with Crippen molar-refractivity contribution in [1.29, 1.82) is 0 Å². The fourth-order valence-electron chi connectivity index (χ4n) is 2.77. The first kappa shape index (κ1) is 19.9. The van der Waals surface area contributed by atoms with Gasteiger partial charge in [-0.3, -0.25) is 14.3 Å². The molecule has 0 aliphatic heterocycles. The molecule has 3 heterocycles. The second-order valence-electron chi connectivity index (χ2n) is 6.90. The van der Waals surface area contributed by atoms with Gasteiger partial charge in [0.05, 0.1) is 11.4 Å². The summed E-state index contributed by atoms with van der Waals surface area (Å²) in [5.74, 6) is -1.06. The van der Waals surface area contributed by atoms with Crippen LogP contribution in [0.4, 0.5) is 4.39 Å². The van der Waals surface area contributed by atoms with E-state index in [0.29, 0.717) is 11.3 Å². The lowest BCUT2D eigenvalue weighted by atomic mass is 10.1. The molecule has 0 spiro atoms. The summed E-state index contributed by atoms with van der Waals surface area (Å²) in [4.78, 5) is 24.9. The monoisotopic (exact) mass is 404 g/mol. The minimum atomic E-state index is -1.32. The highest BCUT2D eigenvalue weighted by molar-refractivity contribution is 6.31. The Kier molecular flexibility index (Phi) is 4.95. The van der Waals surface area contributed by atoms with E-state index < -0.39 is 22.0 Å². The molecule has 9 heteroatoms. The van der Waals surface area contributed by atoms with Crippen LogP contribution in [0.1, 0.15) is 30.9 Å². The van der Waals surface area contributed by atoms with Gasteiger partial charge in [0.1, 0.15) is 22.1 Å². The maximum absolute atomic E-state index is 15.5. The summed E-state index contributed by atoms with van der Waals surface area (Å²) >= 11 is 5.87. The molecule has 7 nitrogen and oxygen atoms in total. The van der Waals surface area contributed by atoms with Crippen LogP contribution >= 0.6 is 11.6 Å². The number of halogens is 2. The van der Waals surface area contributed by atoms with Crippen LogP contribution in [-0.4, -0.2) is 29.7 Å². The Morgan fingerprint density at radius 1 is 1.25 bits per heavy atom. The zero-order valence-electron chi connectivity index (χ0n) is 15.7. The normalized spacial score (nSPS) is 11.7. The fourth-order valence-corrected chi connectivity index (χ4v) is 2.91. The number of aromatic hydroxyl groups is 1. The van der Waals surface area contributed by atoms with Crippen LogP contribution in [0.3, 0.4) is 0 Å². The highest BCUT2D eigenvalue weighted by Crippen LogP contribution is 2.29. The molecule has 0 fully saturated rings. The molecule has 3 rings (SSSR count). The van der Waals surface area contributed by atoms with E-state index in [9.17, 15) is 15.0 Å². The van der Waals surface area contributed by atoms with E-state index in [1.165, 1.54) is 38.4 Å². The van der Waals surface area contributed by atoms with Crippen molar-refractivity contribution in [3.63, 3.8) is 0 Å². The van der Waals surface area contributed by atoms with Gasteiger partial charge in [0.25, 0.3) is 5.56 Å². The Morgan fingerprint density at radius 3 is 2.57 bits per heavy atom. The molecule has 0 aliphatic rings. The largest absolute Gasteiger partial charge is 0.506 e. The number of nitrogens with zero attached hydrogens (tertiary/aromatic N) is 4. The highest BCUT2D eigenvalue weighted by atomic mass is 35.5. The van der Waals surface area contributed by atoms with Crippen LogP contribution in [0, 0.1) is 19.7 Å². The van der Waals surface area contributed by atoms with Gasteiger partial charge in [-0.25, -0.2) is 14.4 Å². The van der Waals surface area contributed by atoms with Gasteiger partial charge in [0.2, 0.25) is 0 Å². The molecule has 2 N–H and O–H groups in total. The van der Waals surface area contributed by atoms with E-state index in [1.807, 2.05) is 0 Å². The summed E-state index contributed by atoms with van der Waals surface area (Å²) in [5.41, 5.74) is -1.38. The third-order valence-corrected chi connectivity index (χ3v) is 4.51. The molecule has 0 bridgehead atoms. The zero-order valence-corrected chi connectivity index (χ0v) is 16.4. The van der Waals surface area contributed by atoms with Crippen LogP contribution in [0.5, 0.6) is 5.75 Å². The van der Waals surface area contributed by atoms with E-state index in [1.54, 1.807) is 13.8 Å². The number of rotatable bonds is 3. The standard InChI is InChI=1S/C19H18ClFN4O3/c1-9-8-23-15(11-5-6-22-18(24-11)19(3,4)28)14(21)16(9)25-10(2)7-12(26)13(20)17(25)27/h5-8,26,28H,1-4H3. The van der Waals surface area contributed by atoms with E-state index in [-0.39, 0.29) is 28.6 Å². The zero-order chi connectivity index (χ0) is 20.8. The lowest BCUT2D eigenvalue weighted by molar-refractivity contribution is 0.0688. The number of aromatic nitrogens is 4. The van der Waals surface area contributed by atoms with Crippen LogP contribution < -0.4 is 5.56 Å². The molecule has 0 saturated carbocycles. The lowest BCUT2D eigenvalue weighted by Crippen LogP contribution is -2.23. The van der Waals surface area contributed by atoms with E-state index >= 15 is 4.39 Å². The second kappa shape index (κ2) is 6.96. The average Bonchev–Trinajstić information content (AvgIpc) is 2.62. The van der Waals surface area contributed by atoms with Crippen molar-refractivity contribution in [1.82, 2.24) is 19.5 Å². The van der Waals surface area contributed by atoms with Gasteiger partial charge >= 0.3 is 0 Å². The summed E-state index contributed by atoms with van der Waals surface area (Å²) in [6.07, 6.45) is 2.80. The third kappa shape index (κ3) is 3.36. The van der Waals surface area contributed by atoms with Gasteiger partial charge in [0, 0.05) is 24.2 Å². The van der Waals surface area contributed by atoms with Gasteiger partial charge in [0.15, 0.2) is 11.6 Å². The smallest absolute Gasteiger partial charge is 0.277 e. The summed E-state index contributed by atoms with van der Waals surface area (Å²) < 4.78 is 16.6. The lowest BCUT2D eigenvalue weighted by Gasteiger charge is -2.18. The van der Waals surface area contributed by atoms with E-state index in [0.717, 1.165) is 4.57 Å². The van der Waals surface area contributed by atoms with Gasteiger partial charge in [-0.05, 0) is 39.3 Å². The van der Waals surface area contributed by atoms with Crippen LogP contribution in [-0.2, 0) is 5.60 Å². The molecule has 146 valence electrons. The predicted octanol–water partition coefficient (Wildman–Crippen LogP) is 3.03. The quantitative estimate of drug-likeness (QED) is 0.695. The topological polar surface area (TPSA) is 101 Å². The number of aryl methyl sites for hydroxylation is 2. The maximum Gasteiger partial charge on any atom is 0.277 e. The number of pyridine rings is 2. The molecule has 0 atom stereocenters. The van der Waals surface area contributed by atoms with Gasteiger partial charge in [-0.15, -0.1) is 0 Å². The molecule has 28 heavy (non-hydrogen) atoms. The Labute approximate surface area is 165 Å². The Hall–Kier alpha value is -2.84. The molecule has 3 aromatic heterocycles. The first-order chi connectivity index (χ1) is 13.0. The fraction of sp³-hybridized carbons (Fsp3) is 0.263. The van der Waals surface area contributed by atoms with Crippen molar-refractivity contribution in [2.45, 2.75) is 33.3 Å². The number of hydrogen-bond acceptors (Lipinski definition) is 6. The predicted molar refractivity (Wildman–Crippen MR) is 102 cm³/mol. The molecule has 3 aromatic rings. The number of aliphatic hydroxyl groups is 1. The van der Waals surface area contributed by atoms with Gasteiger partial charge in [-0.2, -0.15) is 0 Å². The maximum atomic E-state index is 15.5. The van der Waals surface area contributed by atoms with Crippen LogP contribution in [0.2, 0.25) is 5.02 Å². The summed E-state index contributed by atoms with van der Waals surface area (Å²) in [6.45, 7) is 6.17. The molecular formula is C19H18ClFN4O3. The minimum Gasteiger partial charge on any atom is -0.506 e. The van der Waals surface area contributed by atoms with Crippen molar-refractivity contribution in [3.8, 4) is 22.8 Å². The van der Waals surface area contributed by atoms with Crippen molar-refractivity contribution in [3.05, 3.63) is 62.8 Å². The minimum absolute atomic E-state index is 0.0437. The van der Waals surface area contributed by atoms with Gasteiger partial charge in [-0.1, -0.05) is 11.6 Å². The Balaban J connectivity index is 2.30. The van der Waals surface area contributed by atoms with Crippen molar-refractivity contribution in [2.75, 3.05) is 0 Å². The van der Waals surface area contributed by atoms with E-state index in [4.69, 9.17) is 11.6 Å². The first-order valence-corrected chi connectivity index (χ1v) is 8.73. The summed E-state index contributed by atoms with van der Waals surface area (Å²) in [5, 5.41) is 19.4. The van der Waals surface area contributed by atoms with Crippen LogP contribution in [0.25, 0.3) is 17.1 Å². The molecule has 0 aromatic carbocycles. The van der Waals surface area contributed by atoms with Gasteiger partial charge < -0.3 is 10.2 Å². The third-order valence-electron chi connectivity index (χ3n) is 4.16. The average molecular weight is 405 g/mol. The molecule has 0 saturated heterocycles. The number of hydrogen-bond donors (Lipinski definition) is 2. The van der Waals surface area contributed by atoms with E-state index in [2.05, 4.69) is 15.0 Å². The summed E-state index contributed by atoms with van der Waals surface area (Å²) in [6, 6.07) is 2.74. The SMILES string of the molecule is Cc1cnc(-c2ccnc(C(C)(C)O)n2)c(F)c1-n1c(C)cc(O)c(Cl)c1=O. The highest BCUT2D eigenvalue weighted by Gasteiger charge is 2.24. The van der Waals surface area contributed by atoms with Crippen molar-refractivity contribution >= 4 is 11.6 Å². The molecule has 0 unspecified atom stereocenters. The second-order valence-corrected chi connectivity index (χ2v) is 7.28. The molecule has 0 radical (unpaired) electrons. The van der Waals surface area contributed by atoms with Crippen LogP contribution in [0.15, 0.2) is 29.3 Å². The first-order valence-electron chi connectivity index (χ1n) is 8.35. The molecule has 0 aliphatic carbocycles. The summed E-state index contributed by atoms with van der Waals surface area (Å²) in [7, 11) is 0. The Morgan fingerprint density at radius 2 is 1.93 bits per heavy atom. The molecular weight excluding hydrogens is 387 g/mol. The van der Waals surface area contributed by atoms with Crippen molar-refractivity contribution in [2.24, 2.45) is 0 Å².